The first-order chi connectivity index (χ1) is 9.35. The number of benzene rings is 1. The fraction of sp³-hybridized carbons (Fsp3) is 0.429. The number of rotatable bonds is 6. The van der Waals surface area contributed by atoms with E-state index in [1.807, 2.05) is 38.1 Å². The second kappa shape index (κ2) is 7.26. The Morgan fingerprint density at radius 1 is 1.25 bits per heavy atom. The molecule has 1 aromatic rings. The van der Waals surface area contributed by atoms with Gasteiger partial charge in [0.15, 0.2) is 0 Å². The summed E-state index contributed by atoms with van der Waals surface area (Å²) in [6.45, 7) is 4.28. The van der Waals surface area contributed by atoms with E-state index >= 15 is 0 Å². The van der Waals surface area contributed by atoms with Gasteiger partial charge in [-0.05, 0) is 17.7 Å². The Hall–Kier alpha value is -1.59. The molecule has 20 heavy (non-hydrogen) atoms. The molecule has 0 aliphatic rings. The summed E-state index contributed by atoms with van der Waals surface area (Å²) in [5, 5.41) is 5.87. The van der Waals surface area contributed by atoms with Gasteiger partial charge >= 0.3 is 0 Å². The van der Waals surface area contributed by atoms with E-state index in [4.69, 9.17) is 17.3 Å². The van der Waals surface area contributed by atoms with Crippen molar-refractivity contribution in [1.29, 1.82) is 0 Å². The number of amides is 2. The van der Waals surface area contributed by atoms with Crippen molar-refractivity contribution >= 4 is 23.4 Å². The van der Waals surface area contributed by atoms with Crippen LogP contribution >= 0.6 is 11.6 Å². The molecule has 0 aliphatic carbocycles. The summed E-state index contributed by atoms with van der Waals surface area (Å²) in [4.78, 5) is 22.6. The fourth-order valence-electron chi connectivity index (χ4n) is 1.64. The van der Waals surface area contributed by atoms with Crippen LogP contribution in [0, 0.1) is 0 Å². The zero-order chi connectivity index (χ0) is 15.2. The third-order valence-corrected chi connectivity index (χ3v) is 3.20. The van der Waals surface area contributed by atoms with E-state index in [0.29, 0.717) is 11.6 Å². The SMILES string of the molecule is CC(C)(CNC(=O)CNC(=O)CN)c1cccc(Cl)c1. The number of nitrogens with two attached hydrogens (primary N) is 1. The second-order valence-corrected chi connectivity index (χ2v) is 5.59. The van der Waals surface area contributed by atoms with Gasteiger partial charge in [0, 0.05) is 17.0 Å². The highest BCUT2D eigenvalue weighted by Gasteiger charge is 2.21. The number of hydrogen-bond acceptors (Lipinski definition) is 3. The predicted molar refractivity (Wildman–Crippen MR) is 79.6 cm³/mol. The summed E-state index contributed by atoms with van der Waals surface area (Å²) in [6, 6.07) is 7.53. The lowest BCUT2D eigenvalue weighted by Crippen LogP contribution is -2.43. The summed E-state index contributed by atoms with van der Waals surface area (Å²) in [7, 11) is 0. The molecule has 0 aliphatic heterocycles. The molecule has 0 unspecified atom stereocenters. The molecule has 0 radical (unpaired) electrons. The summed E-state index contributed by atoms with van der Waals surface area (Å²) in [6.07, 6.45) is 0. The maximum Gasteiger partial charge on any atom is 0.239 e. The zero-order valence-electron chi connectivity index (χ0n) is 11.7. The molecule has 0 heterocycles. The third kappa shape index (κ3) is 5.19. The topological polar surface area (TPSA) is 84.2 Å². The highest BCUT2D eigenvalue weighted by Crippen LogP contribution is 2.24. The standard InChI is InChI=1S/C14H20ClN3O2/c1-14(2,10-4-3-5-11(15)6-10)9-18-13(20)8-17-12(19)7-16/h3-6H,7-9,16H2,1-2H3,(H,17,19)(H,18,20). The Balaban J connectivity index is 2.51. The van der Waals surface area contributed by atoms with Crippen molar-refractivity contribution in [3.05, 3.63) is 34.9 Å². The summed E-state index contributed by atoms with van der Waals surface area (Å²) in [5.74, 6) is -0.601. The lowest BCUT2D eigenvalue weighted by atomic mass is 9.84. The van der Waals surface area contributed by atoms with Gasteiger partial charge in [0.25, 0.3) is 0 Å². The van der Waals surface area contributed by atoms with Gasteiger partial charge in [-0.2, -0.15) is 0 Å². The molecule has 0 atom stereocenters. The van der Waals surface area contributed by atoms with E-state index in [0.717, 1.165) is 5.56 Å². The molecule has 0 saturated heterocycles. The first-order valence-electron chi connectivity index (χ1n) is 6.34. The van der Waals surface area contributed by atoms with Crippen molar-refractivity contribution in [1.82, 2.24) is 10.6 Å². The maximum absolute atomic E-state index is 11.6. The molecule has 4 N–H and O–H groups in total. The summed E-state index contributed by atoms with van der Waals surface area (Å²) < 4.78 is 0. The first kappa shape index (κ1) is 16.5. The quantitative estimate of drug-likeness (QED) is 0.726. The minimum Gasteiger partial charge on any atom is -0.354 e. The van der Waals surface area contributed by atoms with Crippen LogP contribution in [0.15, 0.2) is 24.3 Å². The average molecular weight is 298 g/mol. The number of halogens is 1. The number of hydrogen-bond donors (Lipinski definition) is 3. The lowest BCUT2D eigenvalue weighted by Gasteiger charge is -2.26. The van der Waals surface area contributed by atoms with E-state index < -0.39 is 0 Å². The van der Waals surface area contributed by atoms with Gasteiger partial charge in [-0.1, -0.05) is 37.6 Å². The van der Waals surface area contributed by atoms with Crippen LogP contribution in [0.1, 0.15) is 19.4 Å². The molecule has 1 aromatic carbocycles. The summed E-state index contributed by atoms with van der Waals surface area (Å²) >= 11 is 5.97. The fourth-order valence-corrected chi connectivity index (χ4v) is 1.83. The Morgan fingerprint density at radius 2 is 1.95 bits per heavy atom. The Labute approximate surface area is 123 Å². The molecule has 110 valence electrons. The highest BCUT2D eigenvalue weighted by atomic mass is 35.5. The zero-order valence-corrected chi connectivity index (χ0v) is 12.5. The van der Waals surface area contributed by atoms with Crippen molar-refractivity contribution in [3.8, 4) is 0 Å². The smallest absolute Gasteiger partial charge is 0.239 e. The lowest BCUT2D eigenvalue weighted by molar-refractivity contribution is -0.125. The van der Waals surface area contributed by atoms with E-state index in [1.165, 1.54) is 0 Å². The minimum absolute atomic E-state index is 0.0678. The molecular formula is C14H20ClN3O2. The van der Waals surface area contributed by atoms with Gasteiger partial charge in [-0.25, -0.2) is 0 Å². The third-order valence-electron chi connectivity index (χ3n) is 2.97. The Kier molecular flexibility index (Phi) is 5.98. The Morgan fingerprint density at radius 3 is 2.55 bits per heavy atom. The van der Waals surface area contributed by atoms with Gasteiger partial charge in [-0.3, -0.25) is 9.59 Å². The summed E-state index contributed by atoms with van der Waals surface area (Å²) in [5.41, 5.74) is 5.92. The largest absolute Gasteiger partial charge is 0.354 e. The van der Waals surface area contributed by atoms with Gasteiger partial charge in [0.05, 0.1) is 13.1 Å². The Bertz CT molecular complexity index is 489. The van der Waals surface area contributed by atoms with E-state index in [-0.39, 0.29) is 30.3 Å². The molecule has 0 aromatic heterocycles. The average Bonchev–Trinajstić information content (AvgIpc) is 2.42. The highest BCUT2D eigenvalue weighted by molar-refractivity contribution is 6.30. The van der Waals surface area contributed by atoms with Crippen molar-refractivity contribution in [3.63, 3.8) is 0 Å². The molecule has 0 bridgehead atoms. The normalized spacial score (nSPS) is 11.0. The van der Waals surface area contributed by atoms with Crippen LogP contribution in [0.25, 0.3) is 0 Å². The molecule has 6 heteroatoms. The number of nitrogens with one attached hydrogen (secondary N) is 2. The maximum atomic E-state index is 11.6. The van der Waals surface area contributed by atoms with E-state index in [9.17, 15) is 9.59 Å². The van der Waals surface area contributed by atoms with Crippen LogP contribution in [0.2, 0.25) is 5.02 Å². The van der Waals surface area contributed by atoms with Crippen LogP contribution in [0.5, 0.6) is 0 Å². The number of carbonyl (C=O) groups is 2. The monoisotopic (exact) mass is 297 g/mol. The van der Waals surface area contributed by atoms with Gasteiger partial charge in [0.1, 0.15) is 0 Å². The van der Waals surface area contributed by atoms with Crippen molar-refractivity contribution in [2.24, 2.45) is 5.73 Å². The number of carbonyl (C=O) groups excluding carboxylic acids is 2. The molecule has 0 spiro atoms. The van der Waals surface area contributed by atoms with E-state index in [1.54, 1.807) is 0 Å². The van der Waals surface area contributed by atoms with Crippen molar-refractivity contribution < 1.29 is 9.59 Å². The predicted octanol–water partition coefficient (Wildman–Crippen LogP) is 0.809. The minimum atomic E-state index is -0.353. The van der Waals surface area contributed by atoms with Gasteiger partial charge in [-0.15, -0.1) is 0 Å². The van der Waals surface area contributed by atoms with Crippen molar-refractivity contribution in [2.75, 3.05) is 19.6 Å². The molecule has 2 amide bonds. The van der Waals surface area contributed by atoms with E-state index in [2.05, 4.69) is 10.6 Å². The van der Waals surface area contributed by atoms with Gasteiger partial charge in [0.2, 0.25) is 11.8 Å². The van der Waals surface area contributed by atoms with Crippen molar-refractivity contribution in [2.45, 2.75) is 19.3 Å². The van der Waals surface area contributed by atoms with Crippen LogP contribution in [-0.2, 0) is 15.0 Å². The molecule has 0 fully saturated rings. The van der Waals surface area contributed by atoms with Crippen LogP contribution in [-0.4, -0.2) is 31.4 Å². The second-order valence-electron chi connectivity index (χ2n) is 5.15. The van der Waals surface area contributed by atoms with Crippen LogP contribution in [0.4, 0.5) is 0 Å². The van der Waals surface area contributed by atoms with Crippen LogP contribution in [0.3, 0.4) is 0 Å². The van der Waals surface area contributed by atoms with Gasteiger partial charge < -0.3 is 16.4 Å². The molecule has 5 nitrogen and oxygen atoms in total. The molecule has 1 rings (SSSR count). The van der Waals surface area contributed by atoms with Crippen LogP contribution < -0.4 is 16.4 Å². The molecule has 0 saturated carbocycles. The molecular weight excluding hydrogens is 278 g/mol. The first-order valence-corrected chi connectivity index (χ1v) is 6.72.